The van der Waals surface area contributed by atoms with Gasteiger partial charge in [0.15, 0.2) is 0 Å². The second kappa shape index (κ2) is 3.97. The Morgan fingerprint density at radius 2 is 1.69 bits per heavy atom. The van der Waals surface area contributed by atoms with Crippen molar-refractivity contribution in [2.24, 2.45) is 0 Å². The van der Waals surface area contributed by atoms with E-state index in [4.69, 9.17) is 0 Å². The maximum atomic E-state index is 10.1. The summed E-state index contributed by atoms with van der Waals surface area (Å²) in [6.45, 7) is 14.5. The molecule has 0 aliphatic rings. The molecule has 0 fully saturated rings. The van der Waals surface area contributed by atoms with Crippen LogP contribution < -0.4 is 0 Å². The lowest BCUT2D eigenvalue weighted by Crippen LogP contribution is -2.22. The van der Waals surface area contributed by atoms with Gasteiger partial charge in [0.05, 0.1) is 0 Å². The first-order valence-corrected chi connectivity index (χ1v) is 5.66. The molecule has 16 heavy (non-hydrogen) atoms. The van der Waals surface area contributed by atoms with Gasteiger partial charge in [-0.05, 0) is 17.0 Å². The highest BCUT2D eigenvalue weighted by Crippen LogP contribution is 2.39. The van der Waals surface area contributed by atoms with Crippen LogP contribution in [0.2, 0.25) is 0 Å². The van der Waals surface area contributed by atoms with E-state index in [0.717, 1.165) is 5.56 Å². The number of phenolic OH excluding ortho intramolecular Hbond substituents is 1. The minimum atomic E-state index is -0.214. The van der Waals surface area contributed by atoms with Gasteiger partial charge in [-0.15, -0.1) is 6.58 Å². The molecule has 0 saturated heterocycles. The van der Waals surface area contributed by atoms with Crippen molar-refractivity contribution in [2.45, 2.75) is 45.4 Å². The quantitative estimate of drug-likeness (QED) is 0.739. The fraction of sp³-hybridized carbons (Fsp3) is 0.467. The zero-order valence-electron chi connectivity index (χ0n) is 11.0. The van der Waals surface area contributed by atoms with Gasteiger partial charge >= 0.3 is 0 Å². The maximum absolute atomic E-state index is 10.1. The molecule has 0 aliphatic carbocycles. The highest BCUT2D eigenvalue weighted by atomic mass is 16.3. The van der Waals surface area contributed by atoms with Crippen LogP contribution in [-0.4, -0.2) is 5.11 Å². The lowest BCUT2D eigenvalue weighted by atomic mass is 9.74. The summed E-state index contributed by atoms with van der Waals surface area (Å²) in [5, 5.41) is 10.1. The molecule has 0 saturated carbocycles. The zero-order valence-corrected chi connectivity index (χ0v) is 11.0. The Labute approximate surface area is 98.8 Å². The molecule has 88 valence electrons. The topological polar surface area (TPSA) is 20.2 Å². The van der Waals surface area contributed by atoms with Crippen LogP contribution in [0.25, 0.3) is 0 Å². The van der Waals surface area contributed by atoms with E-state index in [1.165, 1.54) is 5.56 Å². The normalized spacial score (nSPS) is 12.6. The Hall–Kier alpha value is -1.24. The van der Waals surface area contributed by atoms with E-state index in [2.05, 4.69) is 47.3 Å². The first-order chi connectivity index (χ1) is 7.20. The smallest absolute Gasteiger partial charge is 0.119 e. The molecule has 0 atom stereocenters. The third kappa shape index (κ3) is 2.29. The highest BCUT2D eigenvalue weighted by Gasteiger charge is 2.28. The van der Waals surface area contributed by atoms with Crippen molar-refractivity contribution < 1.29 is 5.11 Å². The SMILES string of the molecule is C=CC(C)(C)c1c(O)cccc1C(C)(C)C. The highest BCUT2D eigenvalue weighted by molar-refractivity contribution is 5.49. The molecular formula is C15H22O. The number of rotatable bonds is 2. The average molecular weight is 218 g/mol. The summed E-state index contributed by atoms with van der Waals surface area (Å²) in [6.07, 6.45) is 1.89. The predicted molar refractivity (Wildman–Crippen MR) is 70.0 cm³/mol. The van der Waals surface area contributed by atoms with Crippen LogP contribution >= 0.6 is 0 Å². The number of benzene rings is 1. The number of aromatic hydroxyl groups is 1. The first-order valence-electron chi connectivity index (χ1n) is 5.66. The predicted octanol–water partition coefficient (Wildman–Crippen LogP) is 4.15. The van der Waals surface area contributed by atoms with Crippen LogP contribution in [0, 0.1) is 0 Å². The van der Waals surface area contributed by atoms with E-state index >= 15 is 0 Å². The van der Waals surface area contributed by atoms with Crippen molar-refractivity contribution in [3.8, 4) is 5.75 Å². The Morgan fingerprint density at radius 3 is 2.12 bits per heavy atom. The molecule has 1 aromatic rings. The van der Waals surface area contributed by atoms with Crippen molar-refractivity contribution >= 4 is 0 Å². The van der Waals surface area contributed by atoms with Gasteiger partial charge in [-0.3, -0.25) is 0 Å². The number of hydrogen-bond donors (Lipinski definition) is 1. The molecular weight excluding hydrogens is 196 g/mol. The van der Waals surface area contributed by atoms with Crippen molar-refractivity contribution in [3.63, 3.8) is 0 Å². The fourth-order valence-corrected chi connectivity index (χ4v) is 1.94. The zero-order chi connectivity index (χ0) is 12.6. The van der Waals surface area contributed by atoms with Gasteiger partial charge in [0, 0.05) is 11.0 Å². The molecule has 1 aromatic carbocycles. The van der Waals surface area contributed by atoms with E-state index < -0.39 is 0 Å². The van der Waals surface area contributed by atoms with Gasteiger partial charge in [-0.25, -0.2) is 0 Å². The van der Waals surface area contributed by atoms with E-state index in [1.54, 1.807) is 6.07 Å². The summed E-state index contributed by atoms with van der Waals surface area (Å²) in [5.41, 5.74) is 1.97. The van der Waals surface area contributed by atoms with Crippen LogP contribution in [0.1, 0.15) is 45.7 Å². The summed E-state index contributed by atoms with van der Waals surface area (Å²) in [4.78, 5) is 0. The minimum Gasteiger partial charge on any atom is -0.508 e. The molecule has 1 N–H and O–H groups in total. The van der Waals surface area contributed by atoms with Gasteiger partial charge in [0.25, 0.3) is 0 Å². The van der Waals surface area contributed by atoms with Crippen molar-refractivity contribution in [1.82, 2.24) is 0 Å². The molecule has 0 aromatic heterocycles. The average Bonchev–Trinajstić information content (AvgIpc) is 2.15. The van der Waals surface area contributed by atoms with Crippen LogP contribution in [0.3, 0.4) is 0 Å². The van der Waals surface area contributed by atoms with Gasteiger partial charge < -0.3 is 5.11 Å². The van der Waals surface area contributed by atoms with E-state index in [0.29, 0.717) is 5.75 Å². The second-order valence-electron chi connectivity index (χ2n) is 5.88. The third-order valence-corrected chi connectivity index (χ3v) is 3.01. The van der Waals surface area contributed by atoms with Crippen molar-refractivity contribution in [2.75, 3.05) is 0 Å². The Morgan fingerprint density at radius 1 is 1.12 bits per heavy atom. The molecule has 1 rings (SSSR count). The maximum Gasteiger partial charge on any atom is 0.119 e. The van der Waals surface area contributed by atoms with Crippen molar-refractivity contribution in [3.05, 3.63) is 42.0 Å². The van der Waals surface area contributed by atoms with Crippen LogP contribution in [0.5, 0.6) is 5.75 Å². The molecule has 1 nitrogen and oxygen atoms in total. The molecule has 0 radical (unpaired) electrons. The monoisotopic (exact) mass is 218 g/mol. The summed E-state index contributed by atoms with van der Waals surface area (Å²) < 4.78 is 0. The van der Waals surface area contributed by atoms with Gasteiger partial charge in [-0.1, -0.05) is 52.8 Å². The van der Waals surface area contributed by atoms with Crippen molar-refractivity contribution in [1.29, 1.82) is 0 Å². The Bertz CT molecular complexity index is 394. The molecule has 0 spiro atoms. The summed E-state index contributed by atoms with van der Waals surface area (Å²) in [5.74, 6) is 0.359. The van der Waals surface area contributed by atoms with Crippen LogP contribution in [0.4, 0.5) is 0 Å². The molecule has 0 aliphatic heterocycles. The summed E-state index contributed by atoms with van der Waals surface area (Å²) in [6, 6.07) is 5.73. The van der Waals surface area contributed by atoms with Crippen LogP contribution in [-0.2, 0) is 10.8 Å². The Kier molecular flexibility index (Phi) is 3.18. The van der Waals surface area contributed by atoms with Crippen LogP contribution in [0.15, 0.2) is 30.9 Å². The standard InChI is InChI=1S/C15H22O/c1-7-15(5,6)13-11(14(2,3)4)9-8-10-12(13)16/h7-10,16H,1H2,2-6H3. The fourth-order valence-electron chi connectivity index (χ4n) is 1.94. The largest absolute Gasteiger partial charge is 0.508 e. The van der Waals surface area contributed by atoms with Gasteiger partial charge in [0.2, 0.25) is 0 Å². The van der Waals surface area contributed by atoms with E-state index in [9.17, 15) is 5.11 Å². The van der Waals surface area contributed by atoms with Gasteiger partial charge in [-0.2, -0.15) is 0 Å². The number of hydrogen-bond acceptors (Lipinski definition) is 1. The molecule has 0 unspecified atom stereocenters. The van der Waals surface area contributed by atoms with E-state index in [1.807, 2.05) is 12.1 Å². The molecule has 0 bridgehead atoms. The third-order valence-electron chi connectivity index (χ3n) is 3.01. The number of allylic oxidation sites excluding steroid dienone is 1. The first kappa shape index (κ1) is 12.8. The Balaban J connectivity index is 3.54. The molecule has 0 heterocycles. The summed E-state index contributed by atoms with van der Waals surface area (Å²) in [7, 11) is 0. The lowest BCUT2D eigenvalue weighted by Gasteiger charge is -2.31. The summed E-state index contributed by atoms with van der Waals surface area (Å²) >= 11 is 0. The number of phenols is 1. The van der Waals surface area contributed by atoms with E-state index in [-0.39, 0.29) is 10.8 Å². The van der Waals surface area contributed by atoms with Gasteiger partial charge in [0.1, 0.15) is 5.75 Å². The molecule has 1 heteroatoms. The molecule has 0 amide bonds. The second-order valence-corrected chi connectivity index (χ2v) is 5.88. The lowest BCUT2D eigenvalue weighted by molar-refractivity contribution is 0.446. The minimum absolute atomic E-state index is 0.0222.